The van der Waals surface area contributed by atoms with E-state index in [9.17, 15) is 23.9 Å². The first-order valence-corrected chi connectivity index (χ1v) is 5.44. The zero-order valence-electron chi connectivity index (χ0n) is 10.4. The second-order valence-electron chi connectivity index (χ2n) is 3.81. The summed E-state index contributed by atoms with van der Waals surface area (Å²) in [7, 11) is 1.07. The van der Waals surface area contributed by atoms with Crippen molar-refractivity contribution < 1.29 is 33.7 Å². The minimum absolute atomic E-state index is 0.430. The van der Waals surface area contributed by atoms with E-state index in [0.717, 1.165) is 25.3 Å². The van der Waals surface area contributed by atoms with Crippen LogP contribution >= 0.6 is 0 Å². The molecule has 8 heteroatoms. The second kappa shape index (κ2) is 6.50. The molecule has 1 aromatic carbocycles. The standard InChI is InChI=1S/C12H12FNO6/c1-20-10(16)5-8(12(18)19)14-11(17)7-4-6(13)2-3-9(7)15/h2-4,8,15H,5H2,1H3,(H,14,17)(H,18,19)/t8-/m0/s1. The summed E-state index contributed by atoms with van der Waals surface area (Å²) in [5, 5.41) is 20.3. The minimum atomic E-state index is -1.54. The Morgan fingerprint density at radius 1 is 1.40 bits per heavy atom. The van der Waals surface area contributed by atoms with Crippen LogP contribution in [0.1, 0.15) is 16.8 Å². The Labute approximate surface area is 113 Å². The molecule has 1 atom stereocenters. The van der Waals surface area contributed by atoms with Gasteiger partial charge < -0.3 is 20.3 Å². The van der Waals surface area contributed by atoms with E-state index in [1.54, 1.807) is 0 Å². The molecule has 0 aliphatic heterocycles. The number of phenolic OH excluding ortho intramolecular Hbond substituents is 1. The summed E-state index contributed by atoms with van der Waals surface area (Å²) in [6, 6.07) is 1.11. The van der Waals surface area contributed by atoms with Crippen LogP contribution in [0.4, 0.5) is 4.39 Å². The Morgan fingerprint density at radius 3 is 2.60 bits per heavy atom. The summed E-state index contributed by atoms with van der Waals surface area (Å²) in [5.41, 5.74) is -0.430. The molecule has 1 aromatic rings. The molecule has 0 aliphatic carbocycles. The molecule has 1 rings (SSSR count). The molecule has 7 nitrogen and oxygen atoms in total. The fraction of sp³-hybridized carbons (Fsp3) is 0.250. The van der Waals surface area contributed by atoms with Crippen LogP contribution in [0.25, 0.3) is 0 Å². The lowest BCUT2D eigenvalue weighted by Gasteiger charge is -2.13. The average Bonchev–Trinajstić information content (AvgIpc) is 2.40. The second-order valence-corrected chi connectivity index (χ2v) is 3.81. The number of carboxylic acids is 1. The summed E-state index contributed by atoms with van der Waals surface area (Å²) in [4.78, 5) is 33.7. The van der Waals surface area contributed by atoms with Crippen molar-refractivity contribution in [3.05, 3.63) is 29.6 Å². The fourth-order valence-electron chi connectivity index (χ4n) is 1.38. The predicted octanol–water partition coefficient (Wildman–Crippen LogP) is 0.277. The van der Waals surface area contributed by atoms with Gasteiger partial charge in [0, 0.05) is 0 Å². The summed E-state index contributed by atoms with van der Waals surface area (Å²) in [6.07, 6.45) is -0.590. The van der Waals surface area contributed by atoms with E-state index < -0.39 is 47.4 Å². The maximum Gasteiger partial charge on any atom is 0.326 e. The van der Waals surface area contributed by atoms with Crippen LogP contribution in [0, 0.1) is 5.82 Å². The molecule has 0 spiro atoms. The van der Waals surface area contributed by atoms with Crippen LogP contribution in [0.5, 0.6) is 5.75 Å². The van der Waals surface area contributed by atoms with Gasteiger partial charge in [0.25, 0.3) is 5.91 Å². The van der Waals surface area contributed by atoms with E-state index >= 15 is 0 Å². The number of carbonyl (C=O) groups is 3. The Hall–Kier alpha value is -2.64. The number of esters is 1. The van der Waals surface area contributed by atoms with Crippen molar-refractivity contribution >= 4 is 17.8 Å². The van der Waals surface area contributed by atoms with E-state index in [0.29, 0.717) is 0 Å². The van der Waals surface area contributed by atoms with E-state index in [1.807, 2.05) is 5.32 Å². The van der Waals surface area contributed by atoms with Gasteiger partial charge in [0.2, 0.25) is 0 Å². The molecule has 0 aromatic heterocycles. The zero-order valence-corrected chi connectivity index (χ0v) is 10.4. The normalized spacial score (nSPS) is 11.5. The van der Waals surface area contributed by atoms with Gasteiger partial charge in [-0.3, -0.25) is 9.59 Å². The number of methoxy groups -OCH3 is 1. The number of rotatable bonds is 5. The van der Waals surface area contributed by atoms with Crippen LogP contribution in [0.15, 0.2) is 18.2 Å². The largest absolute Gasteiger partial charge is 0.507 e. The molecule has 20 heavy (non-hydrogen) atoms. The molecule has 108 valence electrons. The first kappa shape index (κ1) is 15.4. The van der Waals surface area contributed by atoms with Crippen LogP contribution in [-0.4, -0.2) is 41.2 Å². The number of aliphatic carboxylic acids is 1. The molecule has 0 fully saturated rings. The number of hydrogen-bond acceptors (Lipinski definition) is 5. The maximum atomic E-state index is 13.0. The van der Waals surface area contributed by atoms with Gasteiger partial charge in [0.15, 0.2) is 0 Å². The lowest BCUT2D eigenvalue weighted by Crippen LogP contribution is -2.42. The molecule has 0 radical (unpaired) electrons. The number of amides is 1. The Bertz CT molecular complexity index is 545. The van der Waals surface area contributed by atoms with E-state index in [2.05, 4.69) is 4.74 Å². The number of aromatic hydroxyl groups is 1. The lowest BCUT2D eigenvalue weighted by molar-refractivity contribution is -0.147. The van der Waals surface area contributed by atoms with Crippen LogP contribution in [-0.2, 0) is 14.3 Å². The number of nitrogens with one attached hydrogen (secondary N) is 1. The van der Waals surface area contributed by atoms with Crippen molar-refractivity contribution in [2.75, 3.05) is 7.11 Å². The van der Waals surface area contributed by atoms with E-state index in [4.69, 9.17) is 5.11 Å². The van der Waals surface area contributed by atoms with Crippen molar-refractivity contribution in [2.45, 2.75) is 12.5 Å². The van der Waals surface area contributed by atoms with Crippen molar-refractivity contribution in [1.82, 2.24) is 5.32 Å². The predicted molar refractivity (Wildman–Crippen MR) is 63.6 cm³/mol. The lowest BCUT2D eigenvalue weighted by atomic mass is 10.1. The Kier molecular flexibility index (Phi) is 5.01. The van der Waals surface area contributed by atoms with Gasteiger partial charge >= 0.3 is 11.9 Å². The molecule has 1 amide bonds. The van der Waals surface area contributed by atoms with E-state index in [-0.39, 0.29) is 0 Å². The first-order valence-electron chi connectivity index (χ1n) is 5.44. The fourth-order valence-corrected chi connectivity index (χ4v) is 1.38. The number of hydrogen-bond donors (Lipinski definition) is 3. The highest BCUT2D eigenvalue weighted by atomic mass is 19.1. The number of phenols is 1. The first-order chi connectivity index (χ1) is 9.35. The topological polar surface area (TPSA) is 113 Å². The molecular weight excluding hydrogens is 273 g/mol. The quantitative estimate of drug-likeness (QED) is 0.670. The number of carbonyl (C=O) groups excluding carboxylic acids is 2. The van der Waals surface area contributed by atoms with Gasteiger partial charge in [-0.25, -0.2) is 9.18 Å². The van der Waals surface area contributed by atoms with Crippen molar-refractivity contribution in [3.8, 4) is 5.75 Å². The van der Waals surface area contributed by atoms with Gasteiger partial charge in [0.1, 0.15) is 17.6 Å². The highest BCUT2D eigenvalue weighted by Crippen LogP contribution is 2.17. The van der Waals surface area contributed by atoms with Crippen LogP contribution < -0.4 is 5.32 Å². The van der Waals surface area contributed by atoms with E-state index in [1.165, 1.54) is 0 Å². The third-order valence-corrected chi connectivity index (χ3v) is 2.41. The van der Waals surface area contributed by atoms with Crippen LogP contribution in [0.2, 0.25) is 0 Å². The molecule has 0 aliphatic rings. The third-order valence-electron chi connectivity index (χ3n) is 2.41. The molecule has 0 saturated carbocycles. The summed E-state index contributed by atoms with van der Waals surface area (Å²) in [6.45, 7) is 0. The van der Waals surface area contributed by atoms with Gasteiger partial charge in [-0.05, 0) is 18.2 Å². The minimum Gasteiger partial charge on any atom is -0.507 e. The molecule has 3 N–H and O–H groups in total. The monoisotopic (exact) mass is 285 g/mol. The molecule has 0 saturated heterocycles. The molecule has 0 unspecified atom stereocenters. The Balaban J connectivity index is 2.88. The van der Waals surface area contributed by atoms with Gasteiger partial charge in [-0.15, -0.1) is 0 Å². The number of ether oxygens (including phenoxy) is 1. The Morgan fingerprint density at radius 2 is 2.05 bits per heavy atom. The summed E-state index contributed by atoms with van der Waals surface area (Å²) in [5.74, 6) is -4.59. The number of carboxylic acid groups (broad SMARTS) is 1. The summed E-state index contributed by atoms with van der Waals surface area (Å²) < 4.78 is 17.3. The van der Waals surface area contributed by atoms with Gasteiger partial charge in [-0.2, -0.15) is 0 Å². The zero-order chi connectivity index (χ0) is 15.3. The SMILES string of the molecule is COC(=O)C[C@H](NC(=O)c1cc(F)ccc1O)C(=O)O. The van der Waals surface area contributed by atoms with Gasteiger partial charge in [-0.1, -0.05) is 0 Å². The molecule has 0 bridgehead atoms. The smallest absolute Gasteiger partial charge is 0.326 e. The molecule has 0 heterocycles. The maximum absolute atomic E-state index is 13.0. The highest BCUT2D eigenvalue weighted by Gasteiger charge is 2.25. The van der Waals surface area contributed by atoms with Crippen molar-refractivity contribution in [3.63, 3.8) is 0 Å². The van der Waals surface area contributed by atoms with Crippen molar-refractivity contribution in [2.24, 2.45) is 0 Å². The summed E-state index contributed by atoms with van der Waals surface area (Å²) >= 11 is 0. The van der Waals surface area contributed by atoms with Gasteiger partial charge in [0.05, 0.1) is 19.1 Å². The number of benzene rings is 1. The number of halogens is 1. The average molecular weight is 285 g/mol. The molecular formula is C12H12FNO6. The van der Waals surface area contributed by atoms with Crippen LogP contribution in [0.3, 0.4) is 0 Å². The highest BCUT2D eigenvalue weighted by molar-refractivity contribution is 5.99. The third kappa shape index (κ3) is 3.94. The van der Waals surface area contributed by atoms with Crippen molar-refractivity contribution in [1.29, 1.82) is 0 Å².